The Labute approximate surface area is 150 Å². The van der Waals surface area contributed by atoms with Crippen LogP contribution < -0.4 is 10.2 Å². The van der Waals surface area contributed by atoms with Gasteiger partial charge in [0.15, 0.2) is 0 Å². The third-order valence-corrected chi connectivity index (χ3v) is 6.01. The van der Waals surface area contributed by atoms with Crippen LogP contribution in [-0.4, -0.2) is 18.1 Å². The first kappa shape index (κ1) is 15.5. The zero-order valence-electron chi connectivity index (χ0n) is 13.7. The molecule has 0 unspecified atom stereocenters. The number of rotatable bonds is 2. The highest BCUT2D eigenvalue weighted by atomic mass is 79.9. The summed E-state index contributed by atoms with van der Waals surface area (Å²) in [6.07, 6.45) is 4.23. The van der Waals surface area contributed by atoms with Crippen molar-refractivity contribution in [3.8, 4) is 0 Å². The maximum Gasteiger partial charge on any atom is 0.241 e. The van der Waals surface area contributed by atoms with Gasteiger partial charge in [0.2, 0.25) is 5.91 Å². The zero-order chi connectivity index (χ0) is 16.9. The lowest BCUT2D eigenvalue weighted by Crippen LogP contribution is -2.58. The van der Waals surface area contributed by atoms with Crippen molar-refractivity contribution in [2.24, 2.45) is 0 Å². The van der Waals surface area contributed by atoms with E-state index in [2.05, 4.69) is 76.4 Å². The van der Waals surface area contributed by atoms with Gasteiger partial charge < -0.3 is 10.2 Å². The lowest BCUT2D eigenvalue weighted by atomic mass is 9.75. The molecule has 122 valence electrons. The van der Waals surface area contributed by atoms with Crippen molar-refractivity contribution in [2.75, 3.05) is 11.4 Å². The Kier molecular flexibility index (Phi) is 3.36. The van der Waals surface area contributed by atoms with Gasteiger partial charge in [0.05, 0.1) is 6.54 Å². The Morgan fingerprint density at radius 3 is 2.62 bits per heavy atom. The Hall–Kier alpha value is -2.07. The molecule has 0 saturated carbocycles. The average molecular weight is 383 g/mol. The van der Waals surface area contributed by atoms with E-state index >= 15 is 0 Å². The molecule has 4 rings (SSSR count). The molecule has 24 heavy (non-hydrogen) atoms. The van der Waals surface area contributed by atoms with E-state index < -0.39 is 5.66 Å². The van der Waals surface area contributed by atoms with Crippen molar-refractivity contribution in [2.45, 2.75) is 24.9 Å². The Morgan fingerprint density at radius 2 is 1.83 bits per heavy atom. The van der Waals surface area contributed by atoms with Gasteiger partial charge in [-0.2, -0.15) is 0 Å². The smallest absolute Gasteiger partial charge is 0.241 e. The summed E-state index contributed by atoms with van der Waals surface area (Å²) in [6, 6.07) is 16.5. The second-order valence-corrected chi connectivity index (χ2v) is 7.75. The van der Waals surface area contributed by atoms with Gasteiger partial charge in [-0.15, -0.1) is 0 Å². The first-order valence-electron chi connectivity index (χ1n) is 8.08. The molecule has 1 saturated heterocycles. The molecule has 1 fully saturated rings. The molecular weight excluding hydrogens is 364 g/mol. The predicted octanol–water partition coefficient (Wildman–Crippen LogP) is 4.09. The molecule has 2 aliphatic heterocycles. The van der Waals surface area contributed by atoms with E-state index in [1.54, 1.807) is 0 Å². The fraction of sp³-hybridized carbons (Fsp3) is 0.250. The molecule has 1 atom stereocenters. The summed E-state index contributed by atoms with van der Waals surface area (Å²) in [6.45, 7) is 4.78. The number of anilines is 1. The van der Waals surface area contributed by atoms with E-state index in [0.29, 0.717) is 6.54 Å². The van der Waals surface area contributed by atoms with Crippen molar-refractivity contribution in [1.29, 1.82) is 0 Å². The number of para-hydroxylation sites is 1. The van der Waals surface area contributed by atoms with E-state index in [4.69, 9.17) is 0 Å². The molecule has 0 bridgehead atoms. The van der Waals surface area contributed by atoms with Crippen molar-refractivity contribution < 1.29 is 4.79 Å². The molecule has 0 radical (unpaired) electrons. The quantitative estimate of drug-likeness (QED) is 0.848. The topological polar surface area (TPSA) is 32.3 Å². The number of nitrogens with one attached hydrogen (secondary N) is 1. The fourth-order valence-corrected chi connectivity index (χ4v) is 4.38. The van der Waals surface area contributed by atoms with Crippen LogP contribution >= 0.6 is 15.9 Å². The molecule has 2 heterocycles. The number of hydrogen-bond acceptors (Lipinski definition) is 2. The van der Waals surface area contributed by atoms with Gasteiger partial charge in [0.25, 0.3) is 0 Å². The first-order chi connectivity index (χ1) is 11.5. The van der Waals surface area contributed by atoms with Crippen molar-refractivity contribution in [1.82, 2.24) is 5.32 Å². The molecule has 3 nitrogen and oxygen atoms in total. The Morgan fingerprint density at radius 1 is 1.12 bits per heavy atom. The number of halogens is 1. The van der Waals surface area contributed by atoms with E-state index in [1.807, 2.05) is 24.3 Å². The summed E-state index contributed by atoms with van der Waals surface area (Å²) in [7, 11) is 0. The largest absolute Gasteiger partial charge is 0.335 e. The fourth-order valence-electron chi connectivity index (χ4n) is 3.96. The second kappa shape index (κ2) is 5.21. The third kappa shape index (κ3) is 1.99. The second-order valence-electron chi connectivity index (χ2n) is 6.90. The first-order valence-corrected chi connectivity index (χ1v) is 8.87. The third-order valence-electron chi connectivity index (χ3n) is 5.29. The van der Waals surface area contributed by atoms with E-state index in [-0.39, 0.29) is 11.3 Å². The minimum atomic E-state index is -0.539. The summed E-state index contributed by atoms with van der Waals surface area (Å²) >= 11 is 3.59. The number of carbonyl (C=O) groups is 1. The summed E-state index contributed by atoms with van der Waals surface area (Å²) in [4.78, 5) is 14.4. The Bertz CT molecular complexity index is 858. The number of hydrogen-bond donors (Lipinski definition) is 1. The van der Waals surface area contributed by atoms with Gasteiger partial charge in [-0.1, -0.05) is 72.3 Å². The van der Waals surface area contributed by atoms with Crippen LogP contribution in [0.15, 0.2) is 59.1 Å². The maximum absolute atomic E-state index is 12.2. The highest BCUT2D eigenvalue weighted by Crippen LogP contribution is 2.52. The summed E-state index contributed by atoms with van der Waals surface area (Å²) in [5.74, 6) is 0.0642. The van der Waals surface area contributed by atoms with Crippen LogP contribution in [0.5, 0.6) is 0 Å². The molecule has 2 aromatic rings. The van der Waals surface area contributed by atoms with Crippen LogP contribution in [0, 0.1) is 0 Å². The molecule has 0 aromatic heterocycles. The number of benzene rings is 2. The number of fused-ring (bicyclic) bond motifs is 3. The van der Waals surface area contributed by atoms with Crippen LogP contribution in [0.1, 0.15) is 25.0 Å². The highest BCUT2D eigenvalue weighted by Gasteiger charge is 2.59. The number of amides is 1. The minimum absolute atomic E-state index is 0.0642. The van der Waals surface area contributed by atoms with E-state index in [1.165, 1.54) is 5.56 Å². The van der Waals surface area contributed by atoms with Gasteiger partial charge in [-0.05, 0) is 29.3 Å². The van der Waals surface area contributed by atoms with Gasteiger partial charge >= 0.3 is 0 Å². The molecule has 1 amide bonds. The summed E-state index contributed by atoms with van der Waals surface area (Å²) < 4.78 is 1.04. The maximum atomic E-state index is 12.2. The lowest BCUT2D eigenvalue weighted by molar-refractivity contribution is -0.118. The molecule has 0 aliphatic carbocycles. The molecule has 4 heteroatoms. The van der Waals surface area contributed by atoms with Gasteiger partial charge in [-0.3, -0.25) is 4.79 Å². The summed E-state index contributed by atoms with van der Waals surface area (Å²) in [5, 5.41) is 3.24. The monoisotopic (exact) mass is 382 g/mol. The molecule has 2 aromatic carbocycles. The van der Waals surface area contributed by atoms with Gasteiger partial charge in [0, 0.05) is 15.6 Å². The van der Waals surface area contributed by atoms with Crippen molar-refractivity contribution in [3.05, 3.63) is 70.2 Å². The van der Waals surface area contributed by atoms with Crippen molar-refractivity contribution >= 4 is 33.6 Å². The predicted molar refractivity (Wildman–Crippen MR) is 101 cm³/mol. The molecule has 2 aliphatic rings. The van der Waals surface area contributed by atoms with Crippen LogP contribution in [0.4, 0.5) is 5.69 Å². The van der Waals surface area contributed by atoms with Gasteiger partial charge in [-0.25, -0.2) is 0 Å². The van der Waals surface area contributed by atoms with E-state index in [0.717, 1.165) is 15.7 Å². The zero-order valence-corrected chi connectivity index (χ0v) is 15.3. The lowest BCUT2D eigenvalue weighted by Gasteiger charge is -2.40. The van der Waals surface area contributed by atoms with Crippen LogP contribution in [0.2, 0.25) is 0 Å². The van der Waals surface area contributed by atoms with E-state index in [9.17, 15) is 4.79 Å². The normalized spacial score (nSPS) is 24.1. The standard InChI is InChI=1S/C20H19BrN2O/c1-19(2)15-8-4-6-10-17(15)23-13-18(24)22-20(19,23)12-11-14-7-3-5-9-16(14)21/h3-12H,13H2,1-2H3,(H,22,24)/t20-/m1/s1. The Balaban J connectivity index is 1.86. The summed E-state index contributed by atoms with van der Waals surface area (Å²) in [5.41, 5.74) is 2.73. The van der Waals surface area contributed by atoms with Gasteiger partial charge in [0.1, 0.15) is 5.66 Å². The van der Waals surface area contributed by atoms with Crippen molar-refractivity contribution in [3.63, 3.8) is 0 Å². The number of carbonyl (C=O) groups excluding carboxylic acids is 1. The molecular formula is C20H19BrN2O. The average Bonchev–Trinajstić information content (AvgIpc) is 2.99. The number of nitrogens with zero attached hydrogens (tertiary/aromatic N) is 1. The minimum Gasteiger partial charge on any atom is -0.335 e. The SMILES string of the molecule is CC1(C)c2ccccc2N2CC(=O)N[C@]21C=Cc1ccccc1Br. The highest BCUT2D eigenvalue weighted by molar-refractivity contribution is 9.10. The van der Waals surface area contributed by atoms with Crippen LogP contribution in [0.25, 0.3) is 6.08 Å². The van der Waals surface area contributed by atoms with Crippen LogP contribution in [0.3, 0.4) is 0 Å². The molecule has 0 spiro atoms. The molecule has 1 N–H and O–H groups in total. The van der Waals surface area contributed by atoms with Crippen LogP contribution in [-0.2, 0) is 10.2 Å².